The molecule has 0 saturated carbocycles. The summed E-state index contributed by atoms with van der Waals surface area (Å²) in [5, 5.41) is 0.597. The minimum atomic E-state index is 0.333. The topological polar surface area (TPSA) is 48.4 Å². The molecule has 3 nitrogen and oxygen atoms in total. The highest BCUT2D eigenvalue weighted by Crippen LogP contribution is 2.19. The Balaban J connectivity index is 1.95. The molecule has 0 bridgehead atoms. The number of furan rings is 1. The molecule has 0 radical (unpaired) electrons. The standard InChI is InChI=1S/C13H12ClNO2S/c14-12-6-9(13(15)18)3-4-10(12)7-16-8-11-2-1-5-17-11/h1-6H,7-8H2,(H2,15,18). The number of rotatable bonds is 5. The number of ether oxygens (including phenoxy) is 1. The van der Waals surface area contributed by atoms with E-state index in [2.05, 4.69) is 0 Å². The summed E-state index contributed by atoms with van der Waals surface area (Å²) < 4.78 is 10.7. The van der Waals surface area contributed by atoms with E-state index in [1.807, 2.05) is 24.3 Å². The molecule has 0 unspecified atom stereocenters. The van der Waals surface area contributed by atoms with Gasteiger partial charge in [-0.2, -0.15) is 0 Å². The molecule has 2 rings (SSSR count). The Morgan fingerprint density at radius 2 is 2.17 bits per heavy atom. The monoisotopic (exact) mass is 281 g/mol. The number of hydrogen-bond acceptors (Lipinski definition) is 3. The first-order valence-electron chi connectivity index (χ1n) is 5.35. The Hall–Kier alpha value is -1.36. The van der Waals surface area contributed by atoms with E-state index in [1.54, 1.807) is 12.3 Å². The molecule has 0 aliphatic heterocycles. The lowest BCUT2D eigenvalue weighted by Gasteiger charge is -2.07. The van der Waals surface area contributed by atoms with Crippen LogP contribution in [0, 0.1) is 0 Å². The summed E-state index contributed by atoms with van der Waals surface area (Å²) in [6, 6.07) is 9.12. The van der Waals surface area contributed by atoms with Crippen LogP contribution in [0.2, 0.25) is 5.02 Å². The molecule has 18 heavy (non-hydrogen) atoms. The van der Waals surface area contributed by atoms with Crippen molar-refractivity contribution < 1.29 is 9.15 Å². The van der Waals surface area contributed by atoms with Crippen LogP contribution in [0.15, 0.2) is 41.0 Å². The van der Waals surface area contributed by atoms with Crippen molar-refractivity contribution in [2.75, 3.05) is 0 Å². The zero-order chi connectivity index (χ0) is 13.0. The maximum absolute atomic E-state index is 6.12. The van der Waals surface area contributed by atoms with Crippen LogP contribution in [0.25, 0.3) is 0 Å². The zero-order valence-electron chi connectivity index (χ0n) is 9.56. The average Bonchev–Trinajstić information content (AvgIpc) is 2.84. The number of benzene rings is 1. The second-order valence-corrected chi connectivity index (χ2v) is 4.59. The lowest BCUT2D eigenvalue weighted by Crippen LogP contribution is -2.09. The highest BCUT2D eigenvalue weighted by Gasteiger charge is 2.04. The van der Waals surface area contributed by atoms with Crippen LogP contribution in [0.4, 0.5) is 0 Å². The number of thiocarbonyl (C=S) groups is 1. The van der Waals surface area contributed by atoms with Crippen molar-refractivity contribution in [3.05, 3.63) is 58.5 Å². The van der Waals surface area contributed by atoms with Gasteiger partial charge in [0.05, 0.1) is 12.9 Å². The molecular weight excluding hydrogens is 270 g/mol. The Bertz CT molecular complexity index is 540. The van der Waals surface area contributed by atoms with Crippen LogP contribution in [-0.4, -0.2) is 4.99 Å². The molecule has 1 heterocycles. The highest BCUT2D eigenvalue weighted by molar-refractivity contribution is 7.80. The summed E-state index contributed by atoms with van der Waals surface area (Å²) in [7, 11) is 0. The van der Waals surface area contributed by atoms with Gasteiger partial charge in [0, 0.05) is 10.6 Å². The molecule has 2 aromatic rings. The zero-order valence-corrected chi connectivity index (χ0v) is 11.1. The van der Waals surface area contributed by atoms with Crippen LogP contribution in [0.3, 0.4) is 0 Å². The summed E-state index contributed by atoms with van der Waals surface area (Å²) in [4.78, 5) is 0.333. The van der Waals surface area contributed by atoms with Crippen LogP contribution < -0.4 is 5.73 Å². The van der Waals surface area contributed by atoms with E-state index >= 15 is 0 Å². The summed E-state index contributed by atoms with van der Waals surface area (Å²) in [5.41, 5.74) is 7.17. The van der Waals surface area contributed by atoms with Crippen LogP contribution in [0.5, 0.6) is 0 Å². The first-order chi connectivity index (χ1) is 8.66. The summed E-state index contributed by atoms with van der Waals surface area (Å²) in [6.07, 6.45) is 1.61. The van der Waals surface area contributed by atoms with Crippen LogP contribution >= 0.6 is 23.8 Å². The van der Waals surface area contributed by atoms with Gasteiger partial charge >= 0.3 is 0 Å². The molecule has 0 fully saturated rings. The van der Waals surface area contributed by atoms with Crippen molar-refractivity contribution >= 4 is 28.8 Å². The molecule has 94 valence electrons. The molecular formula is C13H12ClNO2S. The molecule has 0 saturated heterocycles. The van der Waals surface area contributed by atoms with Gasteiger partial charge in [-0.15, -0.1) is 0 Å². The van der Waals surface area contributed by atoms with E-state index in [-0.39, 0.29) is 0 Å². The smallest absolute Gasteiger partial charge is 0.129 e. The SMILES string of the molecule is NC(=S)c1ccc(COCc2ccco2)c(Cl)c1. The van der Waals surface area contributed by atoms with Crippen molar-refractivity contribution in [2.24, 2.45) is 5.73 Å². The molecule has 0 aliphatic carbocycles. The summed E-state index contributed by atoms with van der Waals surface area (Å²) in [5.74, 6) is 0.783. The molecule has 0 amide bonds. The Morgan fingerprint density at radius 3 is 2.78 bits per heavy atom. The van der Waals surface area contributed by atoms with Gasteiger partial charge in [-0.05, 0) is 23.8 Å². The molecule has 0 atom stereocenters. The largest absolute Gasteiger partial charge is 0.467 e. The maximum atomic E-state index is 6.12. The van der Waals surface area contributed by atoms with E-state index in [4.69, 9.17) is 38.7 Å². The Labute approximate surface area is 115 Å². The first kappa shape index (κ1) is 13.1. The fourth-order valence-electron chi connectivity index (χ4n) is 1.47. The van der Waals surface area contributed by atoms with E-state index in [0.717, 1.165) is 16.9 Å². The number of hydrogen-bond donors (Lipinski definition) is 1. The summed E-state index contributed by atoms with van der Waals surface area (Å²) >= 11 is 11.0. The maximum Gasteiger partial charge on any atom is 0.129 e. The van der Waals surface area contributed by atoms with Gasteiger partial charge in [0.15, 0.2) is 0 Å². The minimum Gasteiger partial charge on any atom is -0.467 e. The van der Waals surface area contributed by atoms with Crippen molar-refractivity contribution in [1.82, 2.24) is 0 Å². The fourth-order valence-corrected chi connectivity index (χ4v) is 1.84. The van der Waals surface area contributed by atoms with Crippen molar-refractivity contribution in [1.29, 1.82) is 0 Å². The van der Waals surface area contributed by atoms with Gasteiger partial charge in [0.2, 0.25) is 0 Å². The molecule has 2 N–H and O–H groups in total. The average molecular weight is 282 g/mol. The van der Waals surface area contributed by atoms with Gasteiger partial charge in [-0.1, -0.05) is 36.0 Å². The normalized spacial score (nSPS) is 10.5. The fraction of sp³-hybridized carbons (Fsp3) is 0.154. The van der Waals surface area contributed by atoms with E-state index in [0.29, 0.717) is 23.2 Å². The molecule has 1 aromatic carbocycles. The van der Waals surface area contributed by atoms with Crippen molar-refractivity contribution in [3.8, 4) is 0 Å². The van der Waals surface area contributed by atoms with Crippen molar-refractivity contribution in [3.63, 3.8) is 0 Å². The lowest BCUT2D eigenvalue weighted by atomic mass is 10.1. The predicted octanol–water partition coefficient (Wildman–Crippen LogP) is 3.28. The third-order valence-electron chi connectivity index (χ3n) is 2.42. The van der Waals surface area contributed by atoms with Crippen LogP contribution in [0.1, 0.15) is 16.9 Å². The van der Waals surface area contributed by atoms with Crippen molar-refractivity contribution in [2.45, 2.75) is 13.2 Å². The first-order valence-corrected chi connectivity index (χ1v) is 6.14. The van der Waals surface area contributed by atoms with Gasteiger partial charge in [0.25, 0.3) is 0 Å². The lowest BCUT2D eigenvalue weighted by molar-refractivity contribution is 0.0930. The Kier molecular flexibility index (Phi) is 4.36. The van der Waals surface area contributed by atoms with Gasteiger partial charge < -0.3 is 14.9 Å². The molecule has 5 heteroatoms. The van der Waals surface area contributed by atoms with Crippen LogP contribution in [-0.2, 0) is 18.0 Å². The molecule has 0 spiro atoms. The van der Waals surface area contributed by atoms with Gasteiger partial charge in [0.1, 0.15) is 17.4 Å². The third kappa shape index (κ3) is 3.32. The minimum absolute atomic E-state index is 0.333. The third-order valence-corrected chi connectivity index (χ3v) is 3.01. The summed E-state index contributed by atoms with van der Waals surface area (Å²) in [6.45, 7) is 0.831. The number of halogens is 1. The Morgan fingerprint density at radius 1 is 1.33 bits per heavy atom. The predicted molar refractivity (Wildman–Crippen MR) is 74.5 cm³/mol. The van der Waals surface area contributed by atoms with E-state index < -0.39 is 0 Å². The molecule has 0 aliphatic rings. The van der Waals surface area contributed by atoms with Gasteiger partial charge in [-0.25, -0.2) is 0 Å². The van der Waals surface area contributed by atoms with Gasteiger partial charge in [-0.3, -0.25) is 0 Å². The second-order valence-electron chi connectivity index (χ2n) is 3.74. The highest BCUT2D eigenvalue weighted by atomic mass is 35.5. The van der Waals surface area contributed by atoms with E-state index in [9.17, 15) is 0 Å². The number of nitrogens with two attached hydrogens (primary N) is 1. The molecule has 1 aromatic heterocycles. The quantitative estimate of drug-likeness (QED) is 0.855. The second kappa shape index (κ2) is 6.00. The van der Waals surface area contributed by atoms with E-state index in [1.165, 1.54) is 0 Å².